The summed E-state index contributed by atoms with van der Waals surface area (Å²) in [6, 6.07) is 9.01. The van der Waals surface area contributed by atoms with Crippen LogP contribution < -0.4 is 20.5 Å². The fourth-order valence-corrected chi connectivity index (χ4v) is 3.29. The Hall–Kier alpha value is -1.38. The lowest BCUT2D eigenvalue weighted by Crippen LogP contribution is -2.20. The molecule has 0 spiro atoms. The molecule has 0 radical (unpaired) electrons. The Morgan fingerprint density at radius 2 is 2.04 bits per heavy atom. The lowest BCUT2D eigenvalue weighted by molar-refractivity contribution is -0.119. The van der Waals surface area contributed by atoms with Crippen LogP contribution in [-0.4, -0.2) is 19.6 Å². The van der Waals surface area contributed by atoms with Crippen molar-refractivity contribution < 1.29 is 14.3 Å². The monoisotopic (exact) mass is 480 g/mol. The van der Waals surface area contributed by atoms with Crippen molar-refractivity contribution in [2.24, 2.45) is 5.73 Å². The molecule has 5 nitrogen and oxygen atoms in total. The number of primary amides is 1. The van der Waals surface area contributed by atoms with Gasteiger partial charge in [0.15, 0.2) is 18.1 Å². The van der Waals surface area contributed by atoms with Gasteiger partial charge in [-0.05, 0) is 58.5 Å². The summed E-state index contributed by atoms with van der Waals surface area (Å²) in [6.45, 7) is 0.328. The number of nitrogens with one attached hydrogen (secondary N) is 1. The van der Waals surface area contributed by atoms with Gasteiger partial charge in [-0.2, -0.15) is 0 Å². The van der Waals surface area contributed by atoms with Gasteiger partial charge in [-0.1, -0.05) is 23.2 Å². The molecule has 24 heavy (non-hydrogen) atoms. The molecular weight excluding hydrogens is 466 g/mol. The van der Waals surface area contributed by atoms with Gasteiger partial charge in [0, 0.05) is 11.6 Å². The van der Waals surface area contributed by atoms with E-state index < -0.39 is 5.91 Å². The number of nitrogens with two attached hydrogens (primary N) is 1. The maximum absolute atomic E-state index is 10.9. The lowest BCUT2D eigenvalue weighted by atomic mass is 10.2. The molecular formula is C16H15Cl2IN2O3. The van der Waals surface area contributed by atoms with E-state index in [1.54, 1.807) is 12.1 Å². The van der Waals surface area contributed by atoms with Gasteiger partial charge in [0.05, 0.1) is 21.4 Å². The third kappa shape index (κ3) is 5.06. The normalized spacial score (nSPS) is 10.3. The summed E-state index contributed by atoms with van der Waals surface area (Å²) >= 11 is 14.2. The van der Waals surface area contributed by atoms with E-state index in [-0.39, 0.29) is 6.61 Å². The minimum absolute atomic E-state index is 0.204. The molecule has 0 saturated carbocycles. The number of rotatable bonds is 7. The zero-order valence-electron chi connectivity index (χ0n) is 12.7. The van der Waals surface area contributed by atoms with Crippen molar-refractivity contribution in [3.8, 4) is 11.5 Å². The van der Waals surface area contributed by atoms with Crippen molar-refractivity contribution in [2.75, 3.05) is 19.0 Å². The zero-order chi connectivity index (χ0) is 17.7. The Morgan fingerprint density at radius 3 is 2.67 bits per heavy atom. The maximum Gasteiger partial charge on any atom is 0.255 e. The zero-order valence-corrected chi connectivity index (χ0v) is 16.4. The molecule has 2 rings (SSSR count). The molecule has 0 aliphatic heterocycles. The summed E-state index contributed by atoms with van der Waals surface area (Å²) in [5.74, 6) is 0.475. The van der Waals surface area contributed by atoms with Crippen LogP contribution in [0.1, 0.15) is 5.56 Å². The van der Waals surface area contributed by atoms with Gasteiger partial charge in [-0.15, -0.1) is 0 Å². The van der Waals surface area contributed by atoms with E-state index in [9.17, 15) is 4.79 Å². The summed E-state index contributed by atoms with van der Waals surface area (Å²) in [6.07, 6.45) is 0. The minimum Gasteiger partial charge on any atom is -0.493 e. The van der Waals surface area contributed by atoms with Crippen molar-refractivity contribution >= 4 is 57.4 Å². The van der Waals surface area contributed by atoms with E-state index in [1.807, 2.05) is 18.2 Å². The summed E-state index contributed by atoms with van der Waals surface area (Å²) in [5, 5.41) is 4.37. The van der Waals surface area contributed by atoms with Crippen LogP contribution in [0.15, 0.2) is 30.3 Å². The van der Waals surface area contributed by atoms with Gasteiger partial charge in [-0.25, -0.2) is 0 Å². The Balaban J connectivity index is 2.16. The summed E-state index contributed by atoms with van der Waals surface area (Å²) < 4.78 is 11.6. The van der Waals surface area contributed by atoms with E-state index >= 15 is 0 Å². The Kier molecular flexibility index (Phi) is 6.82. The molecule has 0 aliphatic carbocycles. The van der Waals surface area contributed by atoms with Gasteiger partial charge in [0.25, 0.3) is 5.91 Å². The largest absolute Gasteiger partial charge is 0.493 e. The van der Waals surface area contributed by atoms with Crippen molar-refractivity contribution in [2.45, 2.75) is 6.54 Å². The number of amides is 1. The first-order valence-corrected chi connectivity index (χ1v) is 8.70. The predicted octanol–water partition coefficient (Wildman–Crippen LogP) is 4.08. The van der Waals surface area contributed by atoms with Gasteiger partial charge in [0.2, 0.25) is 0 Å². The highest BCUT2D eigenvalue weighted by atomic mass is 127. The topological polar surface area (TPSA) is 73.6 Å². The molecule has 0 unspecified atom stereocenters. The highest BCUT2D eigenvalue weighted by Crippen LogP contribution is 2.34. The SMILES string of the molecule is COc1cc(CNc2ccc(Cl)cc2Cl)cc(I)c1OCC(N)=O. The number of hydrogen-bond acceptors (Lipinski definition) is 4. The first-order chi connectivity index (χ1) is 11.4. The van der Waals surface area contributed by atoms with Crippen molar-refractivity contribution in [1.82, 2.24) is 0 Å². The predicted molar refractivity (Wildman–Crippen MR) is 104 cm³/mol. The van der Waals surface area contributed by atoms with Crippen molar-refractivity contribution in [1.29, 1.82) is 0 Å². The number of ether oxygens (including phenoxy) is 2. The summed E-state index contributed by atoms with van der Waals surface area (Å²) in [5.41, 5.74) is 6.86. The smallest absolute Gasteiger partial charge is 0.255 e. The molecule has 8 heteroatoms. The van der Waals surface area contributed by atoms with E-state index in [1.165, 1.54) is 7.11 Å². The first kappa shape index (κ1) is 19.0. The number of carbonyl (C=O) groups is 1. The Labute approximate surface area is 163 Å². The van der Waals surface area contributed by atoms with Crippen LogP contribution in [0.4, 0.5) is 5.69 Å². The van der Waals surface area contributed by atoms with Gasteiger partial charge in [0.1, 0.15) is 0 Å². The number of carbonyl (C=O) groups excluding carboxylic acids is 1. The van der Waals surface area contributed by atoms with E-state index in [4.69, 9.17) is 38.4 Å². The molecule has 0 aromatic heterocycles. The van der Waals surface area contributed by atoms with Crippen molar-refractivity contribution in [3.63, 3.8) is 0 Å². The second kappa shape index (κ2) is 8.64. The highest BCUT2D eigenvalue weighted by Gasteiger charge is 2.13. The van der Waals surface area contributed by atoms with Gasteiger partial charge < -0.3 is 20.5 Å². The number of methoxy groups -OCH3 is 1. The van der Waals surface area contributed by atoms with Crippen LogP contribution in [-0.2, 0) is 11.3 Å². The quantitative estimate of drug-likeness (QED) is 0.585. The molecule has 3 N–H and O–H groups in total. The Bertz CT molecular complexity index is 756. The van der Waals surface area contributed by atoms with Crippen LogP contribution in [0.5, 0.6) is 11.5 Å². The number of anilines is 1. The average Bonchev–Trinajstić information content (AvgIpc) is 2.52. The minimum atomic E-state index is -0.545. The number of hydrogen-bond donors (Lipinski definition) is 2. The molecule has 0 aliphatic rings. The third-order valence-electron chi connectivity index (χ3n) is 3.06. The van der Waals surface area contributed by atoms with Crippen LogP contribution in [0, 0.1) is 3.57 Å². The second-order valence-corrected chi connectivity index (χ2v) is 6.85. The fourth-order valence-electron chi connectivity index (χ4n) is 1.99. The van der Waals surface area contributed by atoms with Crippen LogP contribution in [0.3, 0.4) is 0 Å². The molecule has 2 aromatic rings. The molecule has 2 aromatic carbocycles. The number of benzene rings is 2. The van der Waals surface area contributed by atoms with E-state index in [0.717, 1.165) is 14.8 Å². The van der Waals surface area contributed by atoms with Crippen LogP contribution >= 0.6 is 45.8 Å². The molecule has 0 atom stereocenters. The van der Waals surface area contributed by atoms with E-state index in [0.29, 0.717) is 28.1 Å². The average molecular weight is 481 g/mol. The standard InChI is InChI=1S/C16H15Cl2IN2O3/c1-23-14-5-9(4-12(19)16(14)24-8-15(20)22)7-21-13-3-2-10(17)6-11(13)18/h2-6,21H,7-8H2,1H3,(H2,20,22). The van der Waals surface area contributed by atoms with Crippen molar-refractivity contribution in [3.05, 3.63) is 49.5 Å². The molecule has 1 amide bonds. The summed E-state index contributed by atoms with van der Waals surface area (Å²) in [7, 11) is 1.54. The molecule has 0 fully saturated rings. The molecule has 0 saturated heterocycles. The molecule has 0 bridgehead atoms. The summed E-state index contributed by atoms with van der Waals surface area (Å²) in [4.78, 5) is 10.9. The van der Waals surface area contributed by atoms with Gasteiger partial charge in [-0.3, -0.25) is 4.79 Å². The highest BCUT2D eigenvalue weighted by molar-refractivity contribution is 14.1. The lowest BCUT2D eigenvalue weighted by Gasteiger charge is -2.15. The Morgan fingerprint density at radius 1 is 1.29 bits per heavy atom. The molecule has 0 heterocycles. The van der Waals surface area contributed by atoms with E-state index in [2.05, 4.69) is 27.9 Å². The van der Waals surface area contributed by atoms with Crippen LogP contribution in [0.2, 0.25) is 10.0 Å². The number of halogens is 3. The fraction of sp³-hybridized carbons (Fsp3) is 0.188. The molecule has 128 valence electrons. The van der Waals surface area contributed by atoms with Gasteiger partial charge >= 0.3 is 0 Å². The second-order valence-electron chi connectivity index (χ2n) is 4.84. The van der Waals surface area contributed by atoms with Crippen LogP contribution in [0.25, 0.3) is 0 Å². The first-order valence-electron chi connectivity index (χ1n) is 6.87. The third-order valence-corrected chi connectivity index (χ3v) is 4.41. The maximum atomic E-state index is 10.9.